The fourth-order valence-corrected chi connectivity index (χ4v) is 2.57. The number of rotatable bonds is 7. The van der Waals surface area contributed by atoms with E-state index in [1.807, 2.05) is 0 Å². The highest BCUT2D eigenvalue weighted by molar-refractivity contribution is 5.77. The minimum Gasteiger partial charge on any atom is -0.355 e. The van der Waals surface area contributed by atoms with Crippen LogP contribution < -0.4 is 10.6 Å². The van der Waals surface area contributed by atoms with Crippen LogP contribution in [0.2, 0.25) is 0 Å². The lowest BCUT2D eigenvalue weighted by Crippen LogP contribution is -2.38. The van der Waals surface area contributed by atoms with Gasteiger partial charge in [-0.25, -0.2) is 0 Å². The molecule has 2 N–H and O–H groups in total. The van der Waals surface area contributed by atoms with E-state index in [-0.39, 0.29) is 5.91 Å². The van der Waals surface area contributed by atoms with Crippen LogP contribution in [0, 0.1) is 11.8 Å². The van der Waals surface area contributed by atoms with Crippen LogP contribution in [-0.2, 0) is 4.79 Å². The number of amides is 1. The summed E-state index contributed by atoms with van der Waals surface area (Å²) in [6, 6.07) is 0.893. The first-order valence-corrected chi connectivity index (χ1v) is 7.36. The van der Waals surface area contributed by atoms with Gasteiger partial charge in [0.25, 0.3) is 0 Å². The van der Waals surface area contributed by atoms with E-state index in [0.717, 1.165) is 25.0 Å². The number of hydrogen-bond donors (Lipinski definition) is 2. The minimum atomic E-state index is 0.126. The molecular weight excluding hydrogens is 226 g/mol. The van der Waals surface area contributed by atoms with Crippen LogP contribution >= 0.6 is 0 Å². The van der Waals surface area contributed by atoms with Gasteiger partial charge < -0.3 is 15.5 Å². The number of hydrogen-bond acceptors (Lipinski definition) is 3. The zero-order valence-corrected chi connectivity index (χ0v) is 11.7. The highest BCUT2D eigenvalue weighted by atomic mass is 16.1. The van der Waals surface area contributed by atoms with E-state index in [1.165, 1.54) is 32.4 Å². The van der Waals surface area contributed by atoms with E-state index < -0.39 is 0 Å². The number of carbonyl (C=O) groups is 1. The summed E-state index contributed by atoms with van der Waals surface area (Å²) in [7, 11) is 0. The molecule has 0 radical (unpaired) electrons. The Kier molecular flexibility index (Phi) is 5.01. The van der Waals surface area contributed by atoms with Crippen LogP contribution in [0.15, 0.2) is 0 Å². The molecule has 2 aliphatic rings. The molecule has 0 aromatic heterocycles. The van der Waals surface area contributed by atoms with Gasteiger partial charge in [-0.2, -0.15) is 0 Å². The molecule has 4 nitrogen and oxygen atoms in total. The Morgan fingerprint density at radius 2 is 2.11 bits per heavy atom. The zero-order valence-electron chi connectivity index (χ0n) is 11.7. The molecule has 104 valence electrons. The molecule has 2 fully saturated rings. The molecule has 4 heteroatoms. The highest BCUT2D eigenvalue weighted by Crippen LogP contribution is 2.31. The maximum atomic E-state index is 11.5. The van der Waals surface area contributed by atoms with Crippen LogP contribution in [0.5, 0.6) is 0 Å². The normalized spacial score (nSPS) is 24.7. The third-order valence-corrected chi connectivity index (χ3v) is 3.81. The van der Waals surface area contributed by atoms with Crippen molar-refractivity contribution in [1.29, 1.82) is 0 Å². The van der Waals surface area contributed by atoms with Gasteiger partial charge in [0.1, 0.15) is 0 Å². The average molecular weight is 253 g/mol. The van der Waals surface area contributed by atoms with Crippen molar-refractivity contribution < 1.29 is 4.79 Å². The average Bonchev–Trinajstić information content (AvgIpc) is 3.07. The quantitative estimate of drug-likeness (QED) is 0.706. The first-order chi connectivity index (χ1) is 8.65. The molecule has 0 spiro atoms. The van der Waals surface area contributed by atoms with Crippen LogP contribution in [0.4, 0.5) is 0 Å². The molecule has 1 amide bonds. The maximum Gasteiger partial charge on any atom is 0.233 e. The molecule has 0 aromatic carbocycles. The Morgan fingerprint density at radius 3 is 2.78 bits per heavy atom. The zero-order chi connectivity index (χ0) is 13.0. The summed E-state index contributed by atoms with van der Waals surface area (Å²) in [4.78, 5) is 14.1. The lowest BCUT2D eigenvalue weighted by atomic mass is 10.1. The standard InChI is InChI=1S/C14H27N3O/c1-11(2)7-16-14(18)9-15-8-12-5-6-17(10-12)13-3-4-13/h11-13,15H,3-10H2,1-2H3,(H,16,18). The largest absolute Gasteiger partial charge is 0.355 e. The van der Waals surface area contributed by atoms with E-state index in [1.54, 1.807) is 0 Å². The summed E-state index contributed by atoms with van der Waals surface area (Å²) in [6.45, 7) is 8.93. The van der Waals surface area contributed by atoms with Crippen LogP contribution in [0.3, 0.4) is 0 Å². The summed E-state index contributed by atoms with van der Waals surface area (Å²) in [5.41, 5.74) is 0. The molecule has 0 aromatic rings. The van der Waals surface area contributed by atoms with Crippen molar-refractivity contribution in [3.8, 4) is 0 Å². The second-order valence-corrected chi connectivity index (χ2v) is 6.21. The van der Waals surface area contributed by atoms with Crippen molar-refractivity contribution in [2.45, 2.75) is 39.2 Å². The third kappa shape index (κ3) is 4.58. The van der Waals surface area contributed by atoms with Gasteiger partial charge in [-0.15, -0.1) is 0 Å². The first kappa shape index (κ1) is 13.8. The summed E-state index contributed by atoms with van der Waals surface area (Å²) in [5.74, 6) is 1.39. The van der Waals surface area contributed by atoms with Crippen molar-refractivity contribution in [2.75, 3.05) is 32.7 Å². The maximum absolute atomic E-state index is 11.5. The molecule has 1 aliphatic heterocycles. The summed E-state index contributed by atoms with van der Waals surface area (Å²) >= 11 is 0. The van der Waals surface area contributed by atoms with E-state index in [0.29, 0.717) is 12.5 Å². The molecule has 18 heavy (non-hydrogen) atoms. The van der Waals surface area contributed by atoms with Gasteiger partial charge in [0.05, 0.1) is 6.54 Å². The second-order valence-electron chi connectivity index (χ2n) is 6.21. The number of nitrogens with zero attached hydrogens (tertiary/aromatic N) is 1. The summed E-state index contributed by atoms with van der Waals surface area (Å²) < 4.78 is 0. The molecule has 1 unspecified atom stereocenters. The van der Waals surface area contributed by atoms with E-state index in [2.05, 4.69) is 29.4 Å². The Hall–Kier alpha value is -0.610. The topological polar surface area (TPSA) is 44.4 Å². The Bertz CT molecular complexity index is 276. The SMILES string of the molecule is CC(C)CNC(=O)CNCC1CCN(C2CC2)C1. The van der Waals surface area contributed by atoms with Gasteiger partial charge in [-0.05, 0) is 44.2 Å². The van der Waals surface area contributed by atoms with Crippen LogP contribution in [0.25, 0.3) is 0 Å². The first-order valence-electron chi connectivity index (χ1n) is 7.36. The number of carbonyl (C=O) groups excluding carboxylic acids is 1. The van der Waals surface area contributed by atoms with Crippen molar-refractivity contribution in [3.05, 3.63) is 0 Å². The molecule has 2 rings (SSSR count). The lowest BCUT2D eigenvalue weighted by molar-refractivity contribution is -0.120. The predicted octanol–water partition coefficient (Wildman–Crippen LogP) is 0.833. The molecule has 1 atom stereocenters. The summed E-state index contributed by atoms with van der Waals surface area (Å²) in [5, 5.41) is 6.22. The van der Waals surface area contributed by atoms with Gasteiger partial charge in [0, 0.05) is 19.1 Å². The third-order valence-electron chi connectivity index (χ3n) is 3.81. The lowest BCUT2D eigenvalue weighted by Gasteiger charge is -2.15. The van der Waals surface area contributed by atoms with E-state index in [4.69, 9.17) is 0 Å². The monoisotopic (exact) mass is 253 g/mol. The number of nitrogens with one attached hydrogen (secondary N) is 2. The van der Waals surface area contributed by atoms with Crippen LogP contribution in [-0.4, -0.2) is 49.6 Å². The second kappa shape index (κ2) is 6.53. The molecule has 1 saturated heterocycles. The van der Waals surface area contributed by atoms with E-state index in [9.17, 15) is 4.79 Å². The van der Waals surface area contributed by atoms with Crippen molar-refractivity contribution in [1.82, 2.24) is 15.5 Å². The molecular formula is C14H27N3O. The van der Waals surface area contributed by atoms with Crippen molar-refractivity contribution >= 4 is 5.91 Å². The molecule has 0 bridgehead atoms. The minimum absolute atomic E-state index is 0.126. The Balaban J connectivity index is 1.51. The molecule has 1 aliphatic carbocycles. The molecule has 1 saturated carbocycles. The van der Waals surface area contributed by atoms with Crippen molar-refractivity contribution in [3.63, 3.8) is 0 Å². The van der Waals surface area contributed by atoms with Gasteiger partial charge in [-0.1, -0.05) is 13.8 Å². The number of likely N-dealkylation sites (tertiary alicyclic amines) is 1. The molecule has 1 heterocycles. The fourth-order valence-electron chi connectivity index (χ4n) is 2.57. The van der Waals surface area contributed by atoms with Gasteiger partial charge >= 0.3 is 0 Å². The summed E-state index contributed by atoms with van der Waals surface area (Å²) in [6.07, 6.45) is 4.09. The van der Waals surface area contributed by atoms with Gasteiger partial charge in [-0.3, -0.25) is 4.79 Å². The Morgan fingerprint density at radius 1 is 1.33 bits per heavy atom. The Labute approximate surface area is 110 Å². The predicted molar refractivity (Wildman–Crippen MR) is 73.4 cm³/mol. The fraction of sp³-hybridized carbons (Fsp3) is 0.929. The van der Waals surface area contributed by atoms with Gasteiger partial charge in [0.15, 0.2) is 0 Å². The van der Waals surface area contributed by atoms with Crippen molar-refractivity contribution in [2.24, 2.45) is 11.8 Å². The van der Waals surface area contributed by atoms with Crippen LogP contribution in [0.1, 0.15) is 33.1 Å². The smallest absolute Gasteiger partial charge is 0.233 e. The van der Waals surface area contributed by atoms with Gasteiger partial charge in [0.2, 0.25) is 5.91 Å². The highest BCUT2D eigenvalue weighted by Gasteiger charge is 2.33. The van der Waals surface area contributed by atoms with E-state index >= 15 is 0 Å².